The summed E-state index contributed by atoms with van der Waals surface area (Å²) in [5, 5.41) is 18.0. The summed E-state index contributed by atoms with van der Waals surface area (Å²) >= 11 is 0. The molecule has 1 saturated heterocycles. The van der Waals surface area contributed by atoms with E-state index in [0.717, 1.165) is 31.4 Å². The summed E-state index contributed by atoms with van der Waals surface area (Å²) in [6.45, 7) is 0.869. The van der Waals surface area contributed by atoms with Crippen molar-refractivity contribution >= 4 is 12.0 Å². The van der Waals surface area contributed by atoms with Crippen molar-refractivity contribution in [3.63, 3.8) is 0 Å². The molecule has 1 unspecified atom stereocenters. The van der Waals surface area contributed by atoms with E-state index in [1.807, 2.05) is 11.0 Å². The number of benzene rings is 1. The van der Waals surface area contributed by atoms with Crippen molar-refractivity contribution < 1.29 is 9.90 Å². The number of nitrogens with zero attached hydrogens (tertiary/aromatic N) is 2. The molecule has 2 rings (SSSR count). The molecule has 0 aliphatic carbocycles. The molecule has 1 atom stereocenters. The van der Waals surface area contributed by atoms with Gasteiger partial charge in [-0.15, -0.1) is 0 Å². The highest BCUT2D eigenvalue weighted by Crippen LogP contribution is 2.20. The first kappa shape index (κ1) is 15.3. The molecule has 0 bridgehead atoms. The van der Waals surface area contributed by atoms with E-state index in [4.69, 9.17) is 10.4 Å². The second kappa shape index (κ2) is 7.61. The number of aliphatic hydroxyl groups excluding tert-OH is 1. The van der Waals surface area contributed by atoms with Gasteiger partial charge in [-0.25, -0.2) is 0 Å². The van der Waals surface area contributed by atoms with Crippen LogP contribution in [-0.2, 0) is 4.79 Å². The van der Waals surface area contributed by atoms with Gasteiger partial charge in [-0.2, -0.15) is 5.26 Å². The van der Waals surface area contributed by atoms with E-state index >= 15 is 0 Å². The molecule has 0 spiro atoms. The molecule has 1 aromatic carbocycles. The summed E-state index contributed by atoms with van der Waals surface area (Å²) in [5.74, 6) is -0.0180. The Kier molecular flexibility index (Phi) is 5.53. The maximum absolute atomic E-state index is 12.3. The molecule has 1 N–H and O–H groups in total. The van der Waals surface area contributed by atoms with Crippen LogP contribution in [0.2, 0.25) is 0 Å². The van der Waals surface area contributed by atoms with Gasteiger partial charge in [-0.05, 0) is 49.5 Å². The SMILES string of the molecule is N#Cc1cccc(/C=C/C(=O)N2CCCCC2CCO)c1. The number of rotatable bonds is 4. The molecule has 4 heteroatoms. The Morgan fingerprint density at radius 2 is 2.33 bits per heavy atom. The lowest BCUT2D eigenvalue weighted by molar-refractivity contribution is -0.129. The van der Waals surface area contributed by atoms with Gasteiger partial charge in [0.25, 0.3) is 0 Å². The number of hydrogen-bond donors (Lipinski definition) is 1. The Bertz CT molecular complexity index is 558. The quantitative estimate of drug-likeness (QED) is 0.863. The molecule has 0 aromatic heterocycles. The van der Waals surface area contributed by atoms with Crippen LogP contribution in [0.4, 0.5) is 0 Å². The van der Waals surface area contributed by atoms with Crippen molar-refractivity contribution in [2.75, 3.05) is 13.2 Å². The second-order valence-corrected chi connectivity index (χ2v) is 5.26. The van der Waals surface area contributed by atoms with Crippen molar-refractivity contribution in [2.45, 2.75) is 31.7 Å². The smallest absolute Gasteiger partial charge is 0.246 e. The summed E-state index contributed by atoms with van der Waals surface area (Å²) in [4.78, 5) is 14.2. The van der Waals surface area contributed by atoms with E-state index in [-0.39, 0.29) is 18.6 Å². The molecule has 110 valence electrons. The number of piperidine rings is 1. The van der Waals surface area contributed by atoms with Gasteiger partial charge in [0.15, 0.2) is 0 Å². The fourth-order valence-electron chi connectivity index (χ4n) is 2.71. The second-order valence-electron chi connectivity index (χ2n) is 5.26. The van der Waals surface area contributed by atoms with Gasteiger partial charge in [0.2, 0.25) is 5.91 Å². The summed E-state index contributed by atoms with van der Waals surface area (Å²) < 4.78 is 0. The van der Waals surface area contributed by atoms with E-state index < -0.39 is 0 Å². The zero-order valence-corrected chi connectivity index (χ0v) is 12.0. The third-order valence-electron chi connectivity index (χ3n) is 3.81. The number of carbonyl (C=O) groups is 1. The highest BCUT2D eigenvalue weighted by molar-refractivity contribution is 5.92. The van der Waals surface area contributed by atoms with Gasteiger partial charge in [0, 0.05) is 25.3 Å². The van der Waals surface area contributed by atoms with Crippen LogP contribution in [-0.4, -0.2) is 35.1 Å². The molecular weight excluding hydrogens is 264 g/mol. The number of hydrogen-bond acceptors (Lipinski definition) is 3. The summed E-state index contributed by atoms with van der Waals surface area (Å²) in [5.41, 5.74) is 1.43. The first-order valence-electron chi connectivity index (χ1n) is 7.34. The number of nitriles is 1. The Labute approximate surface area is 125 Å². The van der Waals surface area contributed by atoms with Crippen molar-refractivity contribution in [1.29, 1.82) is 5.26 Å². The predicted octanol–water partition coefficient (Wildman–Crippen LogP) is 2.33. The molecule has 0 saturated carbocycles. The Balaban J connectivity index is 2.05. The lowest BCUT2D eigenvalue weighted by atomic mass is 9.99. The number of amides is 1. The maximum atomic E-state index is 12.3. The Morgan fingerprint density at radius 1 is 1.48 bits per heavy atom. The predicted molar refractivity (Wildman–Crippen MR) is 81.2 cm³/mol. The normalized spacial score (nSPS) is 18.7. The van der Waals surface area contributed by atoms with Gasteiger partial charge >= 0.3 is 0 Å². The van der Waals surface area contributed by atoms with E-state index in [1.54, 1.807) is 30.4 Å². The first-order valence-corrected chi connectivity index (χ1v) is 7.34. The minimum atomic E-state index is -0.0180. The van der Waals surface area contributed by atoms with Crippen molar-refractivity contribution in [2.24, 2.45) is 0 Å². The van der Waals surface area contributed by atoms with Crippen LogP contribution in [0.1, 0.15) is 36.8 Å². The van der Waals surface area contributed by atoms with E-state index in [9.17, 15) is 4.79 Å². The molecule has 1 aliphatic rings. The average molecular weight is 284 g/mol. The molecule has 1 fully saturated rings. The molecule has 1 aliphatic heterocycles. The largest absolute Gasteiger partial charge is 0.396 e. The molecule has 21 heavy (non-hydrogen) atoms. The van der Waals surface area contributed by atoms with Gasteiger partial charge in [0.1, 0.15) is 0 Å². The highest BCUT2D eigenvalue weighted by Gasteiger charge is 2.24. The summed E-state index contributed by atoms with van der Waals surface area (Å²) in [7, 11) is 0. The van der Waals surface area contributed by atoms with Gasteiger partial charge in [-0.3, -0.25) is 4.79 Å². The molecule has 1 aromatic rings. The van der Waals surface area contributed by atoms with Gasteiger partial charge in [-0.1, -0.05) is 12.1 Å². The number of aliphatic hydroxyl groups is 1. The van der Waals surface area contributed by atoms with E-state index in [2.05, 4.69) is 6.07 Å². The van der Waals surface area contributed by atoms with Gasteiger partial charge in [0.05, 0.1) is 11.6 Å². The molecular formula is C17H20N2O2. The molecule has 1 heterocycles. The number of likely N-dealkylation sites (tertiary alicyclic amines) is 1. The molecule has 4 nitrogen and oxygen atoms in total. The first-order chi connectivity index (χ1) is 10.2. The zero-order valence-electron chi connectivity index (χ0n) is 12.0. The molecule has 0 radical (unpaired) electrons. The Hall–Kier alpha value is -2.12. The monoisotopic (exact) mass is 284 g/mol. The van der Waals surface area contributed by atoms with Crippen LogP contribution < -0.4 is 0 Å². The zero-order chi connectivity index (χ0) is 15.1. The minimum Gasteiger partial charge on any atom is -0.396 e. The fourth-order valence-corrected chi connectivity index (χ4v) is 2.71. The van der Waals surface area contributed by atoms with Crippen molar-refractivity contribution in [1.82, 2.24) is 4.90 Å². The maximum Gasteiger partial charge on any atom is 0.246 e. The van der Waals surface area contributed by atoms with Gasteiger partial charge < -0.3 is 10.0 Å². The topological polar surface area (TPSA) is 64.3 Å². The van der Waals surface area contributed by atoms with Crippen molar-refractivity contribution in [3.05, 3.63) is 41.5 Å². The highest BCUT2D eigenvalue weighted by atomic mass is 16.3. The van der Waals surface area contributed by atoms with E-state index in [1.165, 1.54) is 0 Å². The lowest BCUT2D eigenvalue weighted by Crippen LogP contribution is -2.43. The lowest BCUT2D eigenvalue weighted by Gasteiger charge is -2.34. The summed E-state index contributed by atoms with van der Waals surface area (Å²) in [6, 6.07) is 9.39. The van der Waals surface area contributed by atoms with Crippen LogP contribution in [0.3, 0.4) is 0 Å². The van der Waals surface area contributed by atoms with Crippen LogP contribution in [0, 0.1) is 11.3 Å². The fraction of sp³-hybridized carbons (Fsp3) is 0.412. The average Bonchev–Trinajstić information content (AvgIpc) is 2.53. The third kappa shape index (κ3) is 4.17. The summed E-state index contributed by atoms with van der Waals surface area (Å²) in [6.07, 6.45) is 7.04. The van der Waals surface area contributed by atoms with Crippen LogP contribution in [0.25, 0.3) is 6.08 Å². The minimum absolute atomic E-state index is 0.0180. The number of carbonyl (C=O) groups excluding carboxylic acids is 1. The van der Waals surface area contributed by atoms with E-state index in [0.29, 0.717) is 12.0 Å². The van der Waals surface area contributed by atoms with Crippen molar-refractivity contribution in [3.8, 4) is 6.07 Å². The van der Waals surface area contributed by atoms with Crippen LogP contribution >= 0.6 is 0 Å². The standard InChI is InChI=1S/C17H20N2O2/c18-13-15-5-3-4-14(12-15)7-8-17(21)19-10-2-1-6-16(19)9-11-20/h3-5,7-8,12,16,20H,1-2,6,9-11H2/b8-7+. The van der Waals surface area contributed by atoms with Crippen LogP contribution in [0.15, 0.2) is 30.3 Å². The molecule has 1 amide bonds. The Morgan fingerprint density at radius 3 is 3.10 bits per heavy atom. The third-order valence-corrected chi connectivity index (χ3v) is 3.81. The van der Waals surface area contributed by atoms with Crippen LogP contribution in [0.5, 0.6) is 0 Å².